The predicted octanol–water partition coefficient (Wildman–Crippen LogP) is 18.4. The number of carbonyl (C=O) groups excluding carboxylic acids is 3. The quantitative estimate of drug-likeness (QED) is 0.0340. The van der Waals surface area contributed by atoms with E-state index in [-0.39, 0.29) is 51.7 Å². The van der Waals surface area contributed by atoms with Gasteiger partial charge in [0.1, 0.15) is 34.7 Å². The Hall–Kier alpha value is -7.00. The topological polar surface area (TPSA) is 151 Å². The number of Topliss-reactive ketones (excluding diaryl/α,β-unsaturated/α-hetero) is 3. The highest BCUT2D eigenvalue weighted by molar-refractivity contribution is 7.89. The minimum atomic E-state index is -3.36. The van der Waals surface area contributed by atoms with Crippen LogP contribution in [0.2, 0.25) is 0 Å². The number of hydrazine groups is 1. The van der Waals surface area contributed by atoms with E-state index in [9.17, 15) is 36.0 Å². The zero-order chi connectivity index (χ0) is 70.1. The number of nitrogens with zero attached hydrogens (tertiary/aromatic N) is 2. The van der Waals surface area contributed by atoms with E-state index in [4.69, 9.17) is 5.84 Å². The molecule has 0 radical (unpaired) electrons. The third-order valence-electron chi connectivity index (χ3n) is 13.7. The van der Waals surface area contributed by atoms with Gasteiger partial charge in [-0.1, -0.05) is 252 Å². The number of benzene rings is 6. The monoisotopic (exact) mass is 1270 g/mol. The number of halogens is 3. The van der Waals surface area contributed by atoms with Crippen LogP contribution in [0.3, 0.4) is 0 Å². The maximum absolute atomic E-state index is 14.2. The molecule has 91 heavy (non-hydrogen) atoms. The lowest BCUT2D eigenvalue weighted by atomic mass is 9.83. The molecule has 4 N–H and O–H groups in total. The fourth-order valence-electron chi connectivity index (χ4n) is 7.63. The lowest BCUT2D eigenvalue weighted by molar-refractivity contribution is -0.126. The zero-order valence-electron chi connectivity index (χ0n) is 59.4. The Morgan fingerprint density at radius 3 is 1.41 bits per heavy atom. The molecule has 6 rings (SSSR count). The van der Waals surface area contributed by atoms with Gasteiger partial charge < -0.3 is 10.3 Å². The van der Waals surface area contributed by atoms with E-state index >= 15 is 0 Å². The van der Waals surface area contributed by atoms with E-state index in [1.165, 1.54) is 18.4 Å². The number of hydrogen-bond donors (Lipinski definition) is 3. The molecule has 0 aromatic heterocycles. The van der Waals surface area contributed by atoms with Crippen molar-refractivity contribution >= 4 is 44.5 Å². The summed E-state index contributed by atoms with van der Waals surface area (Å²) in [6.45, 7) is 43.1. The largest absolute Gasteiger partial charge is 0.383 e. The summed E-state index contributed by atoms with van der Waals surface area (Å²) in [5.41, 5.74) is 8.40. The number of amidine groups is 1. The summed E-state index contributed by atoms with van der Waals surface area (Å²) in [4.78, 5) is 42.2. The number of carbonyl (C=O) groups is 3. The van der Waals surface area contributed by atoms with Crippen LogP contribution in [0.15, 0.2) is 156 Å². The van der Waals surface area contributed by atoms with Crippen molar-refractivity contribution in [2.75, 3.05) is 20.6 Å². The van der Waals surface area contributed by atoms with E-state index in [1.54, 1.807) is 111 Å². The van der Waals surface area contributed by atoms with Gasteiger partial charge in [0.25, 0.3) is 0 Å². The van der Waals surface area contributed by atoms with Crippen LogP contribution in [0.5, 0.6) is 0 Å². The number of aliphatic imine (C=N–C) groups is 1. The molecule has 0 aliphatic heterocycles. The molecule has 0 unspecified atom stereocenters. The van der Waals surface area contributed by atoms with Crippen molar-refractivity contribution in [2.24, 2.45) is 43.3 Å². The Labute approximate surface area is 547 Å². The fourth-order valence-corrected chi connectivity index (χ4v) is 8.91. The van der Waals surface area contributed by atoms with Crippen molar-refractivity contribution in [3.05, 3.63) is 208 Å². The van der Waals surface area contributed by atoms with E-state index in [1.807, 2.05) is 155 Å². The van der Waals surface area contributed by atoms with Gasteiger partial charge in [0, 0.05) is 72.5 Å². The molecule has 6 aromatic carbocycles. The minimum absolute atomic E-state index is 0.0578. The van der Waals surface area contributed by atoms with Gasteiger partial charge in [-0.3, -0.25) is 14.4 Å². The second-order valence-electron chi connectivity index (χ2n) is 29.8. The van der Waals surface area contributed by atoms with Crippen molar-refractivity contribution in [3.8, 4) is 0 Å². The van der Waals surface area contributed by atoms with Crippen LogP contribution in [0.4, 0.5) is 18.9 Å². The molecule has 0 saturated carbocycles. The molecule has 0 amide bonds. The predicted molar refractivity (Wildman–Crippen MR) is 376 cm³/mol. The number of nitrogens with two attached hydrogens (primary N) is 1. The molecule has 14 heteroatoms. The first-order valence-corrected chi connectivity index (χ1v) is 32.5. The lowest BCUT2D eigenvalue weighted by Crippen LogP contribution is -2.39. The van der Waals surface area contributed by atoms with Gasteiger partial charge >= 0.3 is 0 Å². The molecule has 0 aliphatic carbocycles. The first kappa shape index (κ1) is 82.0. The van der Waals surface area contributed by atoms with Crippen LogP contribution in [0.1, 0.15) is 176 Å². The molecule has 6 aromatic rings. The van der Waals surface area contributed by atoms with Crippen molar-refractivity contribution in [3.63, 3.8) is 0 Å². The Bertz CT molecular complexity index is 3410. The highest BCUT2D eigenvalue weighted by Gasteiger charge is 2.29. The Morgan fingerprint density at radius 1 is 0.516 bits per heavy atom. The van der Waals surface area contributed by atoms with Crippen LogP contribution in [-0.4, -0.2) is 57.1 Å². The first-order valence-electron chi connectivity index (χ1n) is 31.1. The van der Waals surface area contributed by atoms with Gasteiger partial charge in [-0.15, -0.1) is 0 Å². The van der Waals surface area contributed by atoms with E-state index < -0.39 is 20.9 Å². The molecule has 0 aliphatic rings. The molecular weight excluding hydrogens is 1160 g/mol. The number of hydrogen-bond acceptors (Lipinski definition) is 8. The molecule has 0 atom stereocenters. The number of nitrogens with one attached hydrogen (secondary N) is 2. The SMILES string of the molecule is CC(C)(C)C(=O)Cc1ccccc1.CC(C)(C)CCc1ccccc1.Cc1ccc(S(=O)(=O)NCC(C)(C)C)cc1.Cc1cccc(/C(=C\N(C)C)C(=O)C(C)(C)C)c1F.Cc1cccc(CC(=O)C(C)(C)C)c1F.Cc1cccc(N=C(NN)C(C)(C)C)c1F. The fraction of sp³-hybridized carbons (Fsp3) is 0.455. The summed E-state index contributed by atoms with van der Waals surface area (Å²) in [6.07, 6.45) is 4.87. The Morgan fingerprint density at radius 2 is 0.967 bits per heavy atom. The molecule has 0 saturated heterocycles. The number of aryl methyl sites for hydroxylation is 5. The summed E-state index contributed by atoms with van der Waals surface area (Å²) in [7, 11) is 0.286. The standard InChI is InChI=1S/C16H22FNO.C13H17FO.C12H18FN3.C12H19NO2S.C12H16O.C12H18/c1-11-8-7-9-12(14(11)17)13(10-18(5)6)15(19)16(2,3)4;1-9-6-5-7-10(12(9)14)8-11(15)13(2,3)4;1-8-6-5-7-9(10(8)13)15-11(16-14)12(2,3)4;1-10-5-7-11(8-6-10)16(14,15)13-9-12(2,3)4;1-12(2,3)11(13)9-10-7-5-4-6-8-10;1-12(2,3)10-9-11-7-5-4-6-8-11/h7-10H,1-6H3;5-7H,8H2,1-4H3;5-7H,14H2,1-4H3,(H,15,16);5-8,13H,9H2,1-4H3;4-8H,9H2,1-3H3;4-8H,9-10H2,1-3H3/b13-10+;;;;;. The number of sulfonamides is 1. The average molecular weight is 1270 g/mol. The molecule has 500 valence electrons. The van der Waals surface area contributed by atoms with E-state index in [0.717, 1.165) is 11.1 Å². The smallest absolute Gasteiger partial charge is 0.240 e. The van der Waals surface area contributed by atoms with Crippen molar-refractivity contribution in [2.45, 2.75) is 183 Å². The van der Waals surface area contributed by atoms with Gasteiger partial charge in [0.15, 0.2) is 11.6 Å². The second kappa shape index (κ2) is 36.3. The number of rotatable bonds is 13. The maximum atomic E-state index is 14.2. The molecule has 0 fully saturated rings. The molecule has 0 heterocycles. The van der Waals surface area contributed by atoms with Gasteiger partial charge in [0.05, 0.1) is 4.90 Å². The van der Waals surface area contributed by atoms with E-state index in [0.29, 0.717) is 74.0 Å². The molecule has 10 nitrogen and oxygen atoms in total. The highest BCUT2D eigenvalue weighted by atomic mass is 32.2. The molecular formula is C77H110F3N5O5S. The summed E-state index contributed by atoms with van der Waals surface area (Å²) >= 11 is 0. The normalized spacial score (nSPS) is 12.1. The zero-order valence-corrected chi connectivity index (χ0v) is 60.3. The Balaban J connectivity index is 0.000000549. The van der Waals surface area contributed by atoms with Crippen LogP contribution in [-0.2, 0) is 43.7 Å². The van der Waals surface area contributed by atoms with E-state index in [2.05, 4.69) is 66.2 Å². The number of ketones is 3. The van der Waals surface area contributed by atoms with Gasteiger partial charge in [-0.05, 0) is 103 Å². The minimum Gasteiger partial charge on any atom is -0.383 e. The van der Waals surface area contributed by atoms with Gasteiger partial charge in [-0.25, -0.2) is 37.1 Å². The first-order chi connectivity index (χ1) is 41.6. The summed E-state index contributed by atoms with van der Waals surface area (Å²) in [5.74, 6) is 5.35. The number of allylic oxidation sites excluding steroid dienone is 1. The average Bonchev–Trinajstić information content (AvgIpc) is 1.17. The van der Waals surface area contributed by atoms with Crippen LogP contribution < -0.4 is 16.0 Å². The van der Waals surface area contributed by atoms with Gasteiger partial charge in [-0.2, -0.15) is 0 Å². The molecule has 0 spiro atoms. The third kappa shape index (κ3) is 32.2. The van der Waals surface area contributed by atoms with Crippen molar-refractivity contribution in [1.29, 1.82) is 0 Å². The van der Waals surface area contributed by atoms with Crippen molar-refractivity contribution in [1.82, 2.24) is 15.0 Å². The third-order valence-corrected chi connectivity index (χ3v) is 15.1. The Kier molecular flexibility index (Phi) is 32.7. The van der Waals surface area contributed by atoms with Crippen LogP contribution in [0.25, 0.3) is 5.57 Å². The summed E-state index contributed by atoms with van der Waals surface area (Å²) in [5, 5.41) is 0. The summed E-state index contributed by atoms with van der Waals surface area (Å²) in [6, 6.07) is 42.8. The van der Waals surface area contributed by atoms with Crippen molar-refractivity contribution < 1.29 is 36.0 Å². The lowest BCUT2D eigenvalue weighted by Gasteiger charge is -2.21. The molecule has 0 bridgehead atoms. The highest BCUT2D eigenvalue weighted by Crippen LogP contribution is 2.30. The summed E-state index contributed by atoms with van der Waals surface area (Å²) < 4.78 is 67.9. The van der Waals surface area contributed by atoms with Crippen LogP contribution in [0, 0.1) is 77.6 Å². The van der Waals surface area contributed by atoms with Gasteiger partial charge in [0.2, 0.25) is 10.0 Å². The van der Waals surface area contributed by atoms with Crippen LogP contribution >= 0.6 is 0 Å². The second-order valence-corrected chi connectivity index (χ2v) is 31.5. The maximum Gasteiger partial charge on any atom is 0.240 e.